The zero-order valence-electron chi connectivity index (χ0n) is 15.5. The lowest BCUT2D eigenvalue weighted by Crippen LogP contribution is -2.24. The number of aromatic nitrogens is 3. The van der Waals surface area contributed by atoms with E-state index in [4.69, 9.17) is 0 Å². The van der Waals surface area contributed by atoms with Gasteiger partial charge < -0.3 is 9.67 Å². The Labute approximate surface area is 161 Å². The third-order valence-electron chi connectivity index (χ3n) is 4.82. The maximum Gasteiger partial charge on any atom is 0.276 e. The molecular weight excluding hydrogens is 358 g/mol. The summed E-state index contributed by atoms with van der Waals surface area (Å²) in [7, 11) is 0. The Morgan fingerprint density at radius 2 is 1.89 bits per heavy atom. The summed E-state index contributed by atoms with van der Waals surface area (Å²) in [6.07, 6.45) is 2.70. The van der Waals surface area contributed by atoms with Crippen LogP contribution in [0.4, 0.5) is 0 Å². The predicted molar refractivity (Wildman–Crippen MR) is 108 cm³/mol. The molecule has 0 bridgehead atoms. The summed E-state index contributed by atoms with van der Waals surface area (Å²) in [6.45, 7) is 6.24. The van der Waals surface area contributed by atoms with Gasteiger partial charge in [0.15, 0.2) is 0 Å². The number of aliphatic hydroxyl groups excluding tert-OH is 1. The van der Waals surface area contributed by atoms with Crippen molar-refractivity contribution in [1.82, 2.24) is 14.2 Å². The molecule has 3 heterocycles. The number of hydrogen-bond acceptors (Lipinski definition) is 4. The van der Waals surface area contributed by atoms with Crippen molar-refractivity contribution in [3.05, 3.63) is 80.7 Å². The molecule has 138 valence electrons. The third-order valence-corrected chi connectivity index (χ3v) is 5.71. The molecule has 0 amide bonds. The van der Waals surface area contributed by atoms with Crippen LogP contribution in [0.5, 0.6) is 0 Å². The van der Waals surface area contributed by atoms with Crippen molar-refractivity contribution in [2.24, 2.45) is 0 Å². The quantitative estimate of drug-likeness (QED) is 0.585. The number of fused-ring (bicyclic) bond motifs is 1. The first-order chi connectivity index (χ1) is 12.9. The Morgan fingerprint density at radius 1 is 1.15 bits per heavy atom. The first-order valence-electron chi connectivity index (χ1n) is 8.82. The van der Waals surface area contributed by atoms with Gasteiger partial charge in [0, 0.05) is 12.4 Å². The van der Waals surface area contributed by atoms with Gasteiger partial charge in [-0.2, -0.15) is 5.10 Å². The highest BCUT2D eigenvalue weighted by atomic mass is 32.1. The van der Waals surface area contributed by atoms with Crippen LogP contribution in [-0.4, -0.2) is 19.3 Å². The lowest BCUT2D eigenvalue weighted by Gasteiger charge is -2.18. The Bertz CT molecular complexity index is 1150. The van der Waals surface area contributed by atoms with E-state index in [1.807, 2.05) is 38.3 Å². The van der Waals surface area contributed by atoms with Gasteiger partial charge in [-0.15, -0.1) is 11.3 Å². The molecule has 1 atom stereocenters. The summed E-state index contributed by atoms with van der Waals surface area (Å²) in [5, 5.41) is 17.3. The fourth-order valence-corrected chi connectivity index (χ4v) is 4.39. The highest BCUT2D eigenvalue weighted by molar-refractivity contribution is 7.13. The van der Waals surface area contributed by atoms with E-state index in [1.165, 1.54) is 5.56 Å². The lowest BCUT2D eigenvalue weighted by molar-refractivity contribution is 0.153. The van der Waals surface area contributed by atoms with Gasteiger partial charge in [0.05, 0.1) is 17.5 Å². The zero-order chi connectivity index (χ0) is 19.1. The number of rotatable bonds is 4. The normalized spacial score (nSPS) is 12.6. The number of nitrogens with zero attached hydrogens (tertiary/aromatic N) is 3. The zero-order valence-corrected chi connectivity index (χ0v) is 16.3. The molecule has 27 heavy (non-hydrogen) atoms. The second kappa shape index (κ2) is 6.79. The van der Waals surface area contributed by atoms with Crippen molar-refractivity contribution in [1.29, 1.82) is 0 Å². The maximum absolute atomic E-state index is 12.9. The van der Waals surface area contributed by atoms with Gasteiger partial charge in [-0.05, 0) is 55.0 Å². The molecule has 0 aliphatic rings. The van der Waals surface area contributed by atoms with Crippen molar-refractivity contribution in [3.63, 3.8) is 0 Å². The molecule has 0 aliphatic carbocycles. The standard InChI is InChI=1S/C21H21N3O2S/c1-13-9-14(2)20(15(3)10-13)18(25)12-23-6-7-24-17(21(23)26)11-16(22-24)19-5-4-8-27-19/h4-11,18,25H,12H2,1-3H3. The van der Waals surface area contributed by atoms with Crippen LogP contribution in [-0.2, 0) is 6.54 Å². The summed E-state index contributed by atoms with van der Waals surface area (Å²) in [5.74, 6) is 0. The number of aliphatic hydroxyl groups is 1. The summed E-state index contributed by atoms with van der Waals surface area (Å²) in [6, 6.07) is 9.87. The van der Waals surface area contributed by atoms with Crippen molar-refractivity contribution < 1.29 is 5.11 Å². The number of hydrogen-bond donors (Lipinski definition) is 1. The molecule has 0 saturated carbocycles. The van der Waals surface area contributed by atoms with E-state index in [1.54, 1.807) is 38.9 Å². The molecule has 6 heteroatoms. The number of aryl methyl sites for hydroxylation is 3. The van der Waals surface area contributed by atoms with Gasteiger partial charge >= 0.3 is 0 Å². The van der Waals surface area contributed by atoms with Crippen LogP contribution in [0.25, 0.3) is 16.1 Å². The Balaban J connectivity index is 1.70. The Kier molecular flexibility index (Phi) is 4.45. The van der Waals surface area contributed by atoms with Gasteiger partial charge in [-0.25, -0.2) is 4.52 Å². The van der Waals surface area contributed by atoms with Crippen LogP contribution >= 0.6 is 11.3 Å². The second-order valence-corrected chi connectivity index (χ2v) is 7.87. The average Bonchev–Trinajstić information content (AvgIpc) is 3.25. The van der Waals surface area contributed by atoms with Crippen molar-refractivity contribution in [3.8, 4) is 10.6 Å². The van der Waals surface area contributed by atoms with E-state index in [0.717, 1.165) is 27.3 Å². The van der Waals surface area contributed by atoms with E-state index in [9.17, 15) is 9.90 Å². The van der Waals surface area contributed by atoms with Crippen LogP contribution in [0.15, 0.2) is 52.9 Å². The largest absolute Gasteiger partial charge is 0.387 e. The molecule has 1 unspecified atom stereocenters. The minimum Gasteiger partial charge on any atom is -0.387 e. The average molecular weight is 379 g/mol. The van der Waals surface area contributed by atoms with Gasteiger partial charge in [-0.1, -0.05) is 23.8 Å². The van der Waals surface area contributed by atoms with E-state index in [-0.39, 0.29) is 12.1 Å². The van der Waals surface area contributed by atoms with E-state index in [0.29, 0.717) is 5.52 Å². The van der Waals surface area contributed by atoms with Gasteiger partial charge in [0.1, 0.15) is 11.2 Å². The SMILES string of the molecule is Cc1cc(C)c(C(O)Cn2ccn3nc(-c4cccs4)cc3c2=O)c(C)c1. The van der Waals surface area contributed by atoms with Crippen LogP contribution < -0.4 is 5.56 Å². The highest BCUT2D eigenvalue weighted by Crippen LogP contribution is 2.25. The van der Waals surface area contributed by atoms with Gasteiger partial charge in [0.25, 0.3) is 5.56 Å². The molecule has 0 saturated heterocycles. The van der Waals surface area contributed by atoms with Crippen LogP contribution in [0, 0.1) is 20.8 Å². The Hall–Kier alpha value is -2.70. The monoisotopic (exact) mass is 379 g/mol. The molecule has 0 aliphatic heterocycles. The van der Waals surface area contributed by atoms with E-state index < -0.39 is 6.10 Å². The number of benzene rings is 1. The smallest absolute Gasteiger partial charge is 0.276 e. The topological polar surface area (TPSA) is 59.5 Å². The third kappa shape index (κ3) is 3.22. The number of thiophene rings is 1. The summed E-state index contributed by atoms with van der Waals surface area (Å²) < 4.78 is 3.15. The summed E-state index contributed by atoms with van der Waals surface area (Å²) >= 11 is 1.59. The van der Waals surface area contributed by atoms with Crippen LogP contribution in [0.1, 0.15) is 28.4 Å². The summed E-state index contributed by atoms with van der Waals surface area (Å²) in [4.78, 5) is 13.9. The van der Waals surface area contributed by atoms with Gasteiger partial charge in [-0.3, -0.25) is 4.79 Å². The second-order valence-electron chi connectivity index (χ2n) is 6.92. The molecule has 1 aromatic carbocycles. The summed E-state index contributed by atoms with van der Waals surface area (Å²) in [5.41, 5.74) is 5.27. The van der Waals surface area contributed by atoms with Crippen LogP contribution in [0.3, 0.4) is 0 Å². The maximum atomic E-state index is 12.9. The van der Waals surface area contributed by atoms with Gasteiger partial charge in [0.2, 0.25) is 0 Å². The molecule has 4 rings (SSSR count). The predicted octanol–water partition coefficient (Wildman–Crippen LogP) is 3.88. The minimum absolute atomic E-state index is 0.158. The molecule has 0 radical (unpaired) electrons. The van der Waals surface area contributed by atoms with Crippen molar-refractivity contribution in [2.45, 2.75) is 33.4 Å². The fourth-order valence-electron chi connectivity index (χ4n) is 3.71. The van der Waals surface area contributed by atoms with E-state index >= 15 is 0 Å². The molecule has 4 aromatic rings. The first-order valence-corrected chi connectivity index (χ1v) is 9.70. The van der Waals surface area contributed by atoms with Crippen molar-refractivity contribution in [2.75, 3.05) is 0 Å². The molecule has 3 aromatic heterocycles. The first kappa shape index (κ1) is 17.7. The van der Waals surface area contributed by atoms with Crippen molar-refractivity contribution >= 4 is 16.9 Å². The Morgan fingerprint density at radius 3 is 2.56 bits per heavy atom. The highest BCUT2D eigenvalue weighted by Gasteiger charge is 2.17. The molecule has 0 spiro atoms. The molecular formula is C21H21N3O2S. The lowest BCUT2D eigenvalue weighted by atomic mass is 9.95. The van der Waals surface area contributed by atoms with Crippen LogP contribution in [0.2, 0.25) is 0 Å². The molecule has 1 N–H and O–H groups in total. The molecule has 0 fully saturated rings. The fraction of sp³-hybridized carbons (Fsp3) is 0.238. The minimum atomic E-state index is -0.745. The van der Waals surface area contributed by atoms with E-state index in [2.05, 4.69) is 17.2 Å². The molecule has 5 nitrogen and oxygen atoms in total.